The molecule has 0 spiro atoms. The van der Waals surface area contributed by atoms with Crippen molar-refractivity contribution in [2.24, 2.45) is 0 Å². The molecule has 26 heavy (non-hydrogen) atoms. The van der Waals surface area contributed by atoms with E-state index < -0.39 is 5.97 Å². The van der Waals surface area contributed by atoms with E-state index in [2.05, 4.69) is 15.3 Å². The molecule has 0 aliphatic rings. The predicted molar refractivity (Wildman–Crippen MR) is 101 cm³/mol. The minimum atomic E-state index is -0.964. The van der Waals surface area contributed by atoms with Crippen molar-refractivity contribution in [2.45, 2.75) is 13.8 Å². The lowest BCUT2D eigenvalue weighted by Crippen LogP contribution is -2.09. The maximum Gasteiger partial charge on any atom is 0.341 e. The molecule has 1 aromatic heterocycles. The normalized spacial score (nSPS) is 9.62. The van der Waals surface area contributed by atoms with Crippen molar-refractivity contribution in [3.8, 4) is 5.75 Å². The van der Waals surface area contributed by atoms with Gasteiger partial charge >= 0.3 is 5.97 Å². The SMILES string of the molecule is Cc1cc(C)nc(Nc2ccccc2)n1.O=C(O)COc1ccccc1. The van der Waals surface area contributed by atoms with Gasteiger partial charge in [0.2, 0.25) is 5.95 Å². The number of hydrogen-bond acceptors (Lipinski definition) is 5. The van der Waals surface area contributed by atoms with Gasteiger partial charge in [-0.05, 0) is 44.2 Å². The molecule has 0 radical (unpaired) electrons. The van der Waals surface area contributed by atoms with Crippen molar-refractivity contribution in [3.05, 3.63) is 78.1 Å². The summed E-state index contributed by atoms with van der Waals surface area (Å²) in [5, 5.41) is 11.4. The number of carboxylic acids is 1. The van der Waals surface area contributed by atoms with Crippen LogP contribution in [0.15, 0.2) is 66.7 Å². The van der Waals surface area contributed by atoms with Crippen LogP contribution in [0, 0.1) is 13.8 Å². The highest BCUT2D eigenvalue weighted by atomic mass is 16.5. The van der Waals surface area contributed by atoms with Crippen molar-refractivity contribution in [1.82, 2.24) is 9.97 Å². The minimum absolute atomic E-state index is 0.288. The highest BCUT2D eigenvalue weighted by Gasteiger charge is 1.99. The van der Waals surface area contributed by atoms with Crippen LogP contribution in [-0.2, 0) is 4.79 Å². The summed E-state index contributed by atoms with van der Waals surface area (Å²) in [6, 6.07) is 20.7. The Balaban J connectivity index is 0.000000197. The Morgan fingerprint density at radius 1 is 0.962 bits per heavy atom. The average molecular weight is 351 g/mol. The highest BCUT2D eigenvalue weighted by molar-refractivity contribution is 5.68. The molecule has 3 aromatic rings. The zero-order valence-corrected chi connectivity index (χ0v) is 14.7. The molecule has 0 aliphatic heterocycles. The Bertz CT molecular complexity index is 804. The van der Waals surface area contributed by atoms with Gasteiger partial charge < -0.3 is 15.2 Å². The second-order valence-electron chi connectivity index (χ2n) is 5.46. The maximum absolute atomic E-state index is 10.0. The van der Waals surface area contributed by atoms with E-state index in [1.807, 2.05) is 56.3 Å². The zero-order chi connectivity index (χ0) is 18.8. The van der Waals surface area contributed by atoms with Gasteiger partial charge in [-0.15, -0.1) is 0 Å². The van der Waals surface area contributed by atoms with Gasteiger partial charge in [0, 0.05) is 17.1 Å². The number of rotatable bonds is 5. The Labute approximate surface area is 152 Å². The summed E-state index contributed by atoms with van der Waals surface area (Å²) >= 11 is 0. The van der Waals surface area contributed by atoms with Crippen molar-refractivity contribution in [2.75, 3.05) is 11.9 Å². The van der Waals surface area contributed by atoms with Gasteiger partial charge in [-0.3, -0.25) is 0 Å². The summed E-state index contributed by atoms with van der Waals surface area (Å²) in [5.41, 5.74) is 2.95. The molecule has 2 N–H and O–H groups in total. The molecule has 134 valence electrons. The van der Waals surface area contributed by atoms with Crippen LogP contribution in [-0.4, -0.2) is 27.7 Å². The Morgan fingerprint density at radius 3 is 2.04 bits per heavy atom. The van der Waals surface area contributed by atoms with Crippen LogP contribution >= 0.6 is 0 Å². The van der Waals surface area contributed by atoms with Gasteiger partial charge in [-0.1, -0.05) is 36.4 Å². The summed E-state index contributed by atoms with van der Waals surface area (Å²) < 4.78 is 4.87. The molecule has 6 heteroatoms. The first-order valence-corrected chi connectivity index (χ1v) is 8.07. The monoisotopic (exact) mass is 351 g/mol. The molecular weight excluding hydrogens is 330 g/mol. The number of anilines is 2. The molecule has 0 bridgehead atoms. The van der Waals surface area contributed by atoms with Crippen LogP contribution in [0.5, 0.6) is 5.75 Å². The first-order chi connectivity index (χ1) is 12.5. The molecule has 6 nitrogen and oxygen atoms in total. The summed E-state index contributed by atoms with van der Waals surface area (Å²) in [7, 11) is 0. The largest absolute Gasteiger partial charge is 0.482 e. The zero-order valence-electron chi connectivity index (χ0n) is 14.7. The third kappa shape index (κ3) is 7.00. The summed E-state index contributed by atoms with van der Waals surface area (Å²) in [5.74, 6) is 0.266. The number of benzene rings is 2. The Hall–Kier alpha value is -3.41. The molecule has 0 atom stereocenters. The number of hydrogen-bond donors (Lipinski definition) is 2. The fourth-order valence-electron chi connectivity index (χ4n) is 2.09. The molecule has 0 saturated heterocycles. The summed E-state index contributed by atoms with van der Waals surface area (Å²) in [4.78, 5) is 18.7. The van der Waals surface area contributed by atoms with Crippen molar-refractivity contribution in [1.29, 1.82) is 0 Å². The molecule has 1 heterocycles. The number of aromatic nitrogens is 2. The second kappa shape index (κ2) is 9.78. The number of aliphatic carboxylic acids is 1. The number of ether oxygens (including phenoxy) is 1. The van der Waals surface area contributed by atoms with Gasteiger partial charge in [0.1, 0.15) is 5.75 Å². The van der Waals surface area contributed by atoms with E-state index in [9.17, 15) is 4.79 Å². The Morgan fingerprint density at radius 2 is 1.50 bits per heavy atom. The predicted octanol–water partition coefficient (Wildman–Crippen LogP) is 3.99. The lowest BCUT2D eigenvalue weighted by Gasteiger charge is -2.05. The standard InChI is InChI=1S/C12H13N3.C8H8O3/c1-9-8-10(2)14-12(13-9)15-11-6-4-3-5-7-11;9-8(10)6-11-7-4-2-1-3-5-7/h3-8H,1-2H3,(H,13,14,15);1-5H,6H2,(H,9,10). The van der Waals surface area contributed by atoms with Crippen LogP contribution in [0.25, 0.3) is 0 Å². The smallest absolute Gasteiger partial charge is 0.341 e. The number of carboxylic acid groups (broad SMARTS) is 1. The van der Waals surface area contributed by atoms with Gasteiger partial charge in [-0.25, -0.2) is 14.8 Å². The van der Waals surface area contributed by atoms with Crippen LogP contribution in [0.2, 0.25) is 0 Å². The maximum atomic E-state index is 10.0. The van der Waals surface area contributed by atoms with Crippen LogP contribution in [0.3, 0.4) is 0 Å². The molecular formula is C20H21N3O3. The van der Waals surface area contributed by atoms with E-state index >= 15 is 0 Å². The fourth-order valence-corrected chi connectivity index (χ4v) is 2.09. The van der Waals surface area contributed by atoms with Gasteiger partial charge in [0.15, 0.2) is 6.61 Å². The summed E-state index contributed by atoms with van der Waals surface area (Å²) in [6.07, 6.45) is 0. The van der Waals surface area contributed by atoms with E-state index in [0.29, 0.717) is 11.7 Å². The van der Waals surface area contributed by atoms with Gasteiger partial charge in [0.05, 0.1) is 0 Å². The molecule has 0 fully saturated rings. The van der Waals surface area contributed by atoms with Crippen LogP contribution in [0.1, 0.15) is 11.4 Å². The van der Waals surface area contributed by atoms with Crippen LogP contribution < -0.4 is 10.1 Å². The third-order valence-corrected chi connectivity index (χ3v) is 3.12. The lowest BCUT2D eigenvalue weighted by molar-refractivity contribution is -0.139. The number of aryl methyl sites for hydroxylation is 2. The Kier molecular flexibility index (Phi) is 7.12. The molecule has 2 aromatic carbocycles. The first kappa shape index (κ1) is 18.9. The van der Waals surface area contributed by atoms with E-state index in [4.69, 9.17) is 9.84 Å². The fraction of sp³-hybridized carbons (Fsp3) is 0.150. The van der Waals surface area contributed by atoms with E-state index in [0.717, 1.165) is 17.1 Å². The highest BCUT2D eigenvalue weighted by Crippen LogP contribution is 2.12. The topological polar surface area (TPSA) is 84.3 Å². The van der Waals surface area contributed by atoms with Crippen LogP contribution in [0.4, 0.5) is 11.6 Å². The molecule has 3 rings (SSSR count). The minimum Gasteiger partial charge on any atom is -0.482 e. The molecule has 0 amide bonds. The second-order valence-corrected chi connectivity index (χ2v) is 5.46. The van der Waals surface area contributed by atoms with Gasteiger partial charge in [-0.2, -0.15) is 0 Å². The lowest BCUT2D eigenvalue weighted by atomic mass is 10.3. The van der Waals surface area contributed by atoms with E-state index in [-0.39, 0.29) is 6.61 Å². The molecule has 0 aliphatic carbocycles. The first-order valence-electron chi connectivity index (χ1n) is 8.07. The van der Waals surface area contributed by atoms with Crippen molar-refractivity contribution >= 4 is 17.6 Å². The number of nitrogens with zero attached hydrogens (tertiary/aromatic N) is 2. The number of para-hydroxylation sites is 2. The number of carbonyl (C=O) groups is 1. The number of nitrogens with one attached hydrogen (secondary N) is 1. The van der Waals surface area contributed by atoms with E-state index in [1.54, 1.807) is 24.3 Å². The quantitative estimate of drug-likeness (QED) is 0.723. The van der Waals surface area contributed by atoms with Crippen molar-refractivity contribution < 1.29 is 14.6 Å². The third-order valence-electron chi connectivity index (χ3n) is 3.12. The average Bonchev–Trinajstić information content (AvgIpc) is 2.61. The summed E-state index contributed by atoms with van der Waals surface area (Å²) in [6.45, 7) is 3.64. The van der Waals surface area contributed by atoms with Crippen molar-refractivity contribution in [3.63, 3.8) is 0 Å². The van der Waals surface area contributed by atoms with E-state index in [1.165, 1.54) is 0 Å². The van der Waals surface area contributed by atoms with Gasteiger partial charge in [0.25, 0.3) is 0 Å². The molecule has 0 unspecified atom stereocenters. The molecule has 0 saturated carbocycles.